The first-order valence-electron chi connectivity index (χ1n) is 8.72. The average molecular weight is 424 g/mol. The van der Waals surface area contributed by atoms with Crippen molar-refractivity contribution in [1.82, 2.24) is 10.5 Å². The molecule has 28 heavy (non-hydrogen) atoms. The van der Waals surface area contributed by atoms with E-state index in [-0.39, 0.29) is 10.7 Å². The number of hydrogen-bond donors (Lipinski definition) is 2. The van der Waals surface area contributed by atoms with Crippen molar-refractivity contribution in [3.63, 3.8) is 0 Å². The number of carbonyl (C=O) groups excluding carboxylic acids is 1. The summed E-state index contributed by atoms with van der Waals surface area (Å²) in [7, 11) is 1.46. The van der Waals surface area contributed by atoms with E-state index < -0.39 is 17.2 Å². The second-order valence-electron chi connectivity index (χ2n) is 6.31. The van der Waals surface area contributed by atoms with Gasteiger partial charge in [-0.25, -0.2) is 10.5 Å². The standard InChI is InChI=1S/C18H21ClN4O4S/c1-3-27-22-18(24)13-10-20-17(19)9-15(13)21-14-7-6-12(11-4-5-11)8-16(14)23(2)28(25)26/h6-11H,3-5H2,1-2H3,(H,20,21)(H,22,24)(H,25,26)/p-1. The number of halogens is 1. The Bertz CT molecular complexity index is 907. The lowest BCUT2D eigenvalue weighted by Gasteiger charge is -2.25. The van der Waals surface area contributed by atoms with Crippen LogP contribution in [0, 0.1) is 0 Å². The lowest BCUT2D eigenvalue weighted by molar-refractivity contribution is 0.0365. The van der Waals surface area contributed by atoms with Gasteiger partial charge < -0.3 is 14.2 Å². The molecule has 0 spiro atoms. The SMILES string of the molecule is CCONC(=O)c1cnc(Cl)cc1Nc1ccc(C2CC2)cc1N(C)S(=O)[O-]. The molecule has 3 rings (SSSR count). The summed E-state index contributed by atoms with van der Waals surface area (Å²) < 4.78 is 24.2. The van der Waals surface area contributed by atoms with Crippen molar-refractivity contribution in [2.45, 2.75) is 25.7 Å². The number of amides is 1. The van der Waals surface area contributed by atoms with E-state index in [1.54, 1.807) is 13.0 Å². The molecule has 150 valence electrons. The van der Waals surface area contributed by atoms with Crippen molar-refractivity contribution in [2.75, 3.05) is 23.3 Å². The molecule has 1 heterocycles. The highest BCUT2D eigenvalue weighted by atomic mass is 35.5. The van der Waals surface area contributed by atoms with Crippen LogP contribution in [0.1, 0.15) is 41.6 Å². The van der Waals surface area contributed by atoms with Gasteiger partial charge in [0, 0.05) is 24.5 Å². The fourth-order valence-corrected chi connectivity index (χ4v) is 3.19. The minimum Gasteiger partial charge on any atom is -0.755 e. The Morgan fingerprint density at radius 2 is 2.14 bits per heavy atom. The zero-order chi connectivity index (χ0) is 20.3. The Hall–Kier alpha value is -2.20. The van der Waals surface area contributed by atoms with E-state index in [1.807, 2.05) is 12.1 Å². The van der Waals surface area contributed by atoms with Gasteiger partial charge in [0.25, 0.3) is 5.91 Å². The molecule has 1 unspecified atom stereocenters. The van der Waals surface area contributed by atoms with Crippen LogP contribution in [0.25, 0.3) is 0 Å². The average Bonchev–Trinajstić information content (AvgIpc) is 3.51. The summed E-state index contributed by atoms with van der Waals surface area (Å²) in [6.07, 6.45) is 3.52. The number of rotatable bonds is 8. The second kappa shape index (κ2) is 8.87. The molecule has 10 heteroatoms. The van der Waals surface area contributed by atoms with E-state index in [0.29, 0.717) is 29.6 Å². The van der Waals surface area contributed by atoms with Gasteiger partial charge in [-0.3, -0.25) is 13.8 Å². The van der Waals surface area contributed by atoms with Crippen molar-refractivity contribution < 1.29 is 18.4 Å². The number of hydroxylamine groups is 1. The normalized spacial score (nSPS) is 14.4. The van der Waals surface area contributed by atoms with Gasteiger partial charge in [-0.15, -0.1) is 0 Å². The molecule has 1 saturated carbocycles. The van der Waals surface area contributed by atoms with Crippen molar-refractivity contribution in [3.05, 3.63) is 46.7 Å². The van der Waals surface area contributed by atoms with Crippen molar-refractivity contribution in [1.29, 1.82) is 0 Å². The first kappa shape index (κ1) is 20.5. The molecular weight excluding hydrogens is 404 g/mol. The number of aromatic nitrogens is 1. The first-order chi connectivity index (χ1) is 13.4. The number of anilines is 3. The van der Waals surface area contributed by atoms with Gasteiger partial charge in [-0.05, 0) is 49.4 Å². The molecule has 2 aromatic rings. The van der Waals surface area contributed by atoms with Gasteiger partial charge in [0.2, 0.25) is 0 Å². The van der Waals surface area contributed by atoms with Crippen LogP contribution < -0.4 is 15.1 Å². The molecule has 0 bridgehead atoms. The fraction of sp³-hybridized carbons (Fsp3) is 0.333. The molecule has 1 amide bonds. The van der Waals surface area contributed by atoms with Crippen molar-refractivity contribution >= 4 is 45.8 Å². The Labute approximate surface area is 170 Å². The smallest absolute Gasteiger partial charge is 0.278 e. The summed E-state index contributed by atoms with van der Waals surface area (Å²) in [5, 5.41) is 3.29. The van der Waals surface area contributed by atoms with Crippen LogP contribution in [0.4, 0.5) is 17.1 Å². The molecule has 1 atom stereocenters. The quantitative estimate of drug-likeness (QED) is 0.383. The van der Waals surface area contributed by atoms with E-state index >= 15 is 0 Å². The maximum atomic E-state index is 12.3. The van der Waals surface area contributed by atoms with E-state index in [4.69, 9.17) is 16.4 Å². The molecule has 1 aliphatic rings. The molecule has 2 N–H and O–H groups in total. The van der Waals surface area contributed by atoms with Crippen LogP contribution in [0.3, 0.4) is 0 Å². The Kier molecular flexibility index (Phi) is 6.50. The zero-order valence-corrected chi connectivity index (χ0v) is 17.0. The third-order valence-corrected chi connectivity index (χ3v) is 5.18. The molecule has 0 saturated heterocycles. The molecule has 1 aromatic heterocycles. The number of benzene rings is 1. The summed E-state index contributed by atoms with van der Waals surface area (Å²) in [5.41, 5.74) is 4.97. The lowest BCUT2D eigenvalue weighted by atomic mass is 10.1. The summed E-state index contributed by atoms with van der Waals surface area (Å²) in [6.45, 7) is 2.05. The summed E-state index contributed by atoms with van der Waals surface area (Å²) in [5.74, 6) is -0.0328. The van der Waals surface area contributed by atoms with Crippen molar-refractivity contribution in [2.24, 2.45) is 0 Å². The van der Waals surface area contributed by atoms with Gasteiger partial charge >= 0.3 is 0 Å². The maximum Gasteiger partial charge on any atom is 0.278 e. The highest BCUT2D eigenvalue weighted by Crippen LogP contribution is 2.43. The number of hydrogen-bond acceptors (Lipinski definition) is 6. The van der Waals surface area contributed by atoms with Gasteiger partial charge in [0.1, 0.15) is 5.15 Å². The lowest BCUT2D eigenvalue weighted by Crippen LogP contribution is -2.25. The minimum absolute atomic E-state index is 0.187. The molecule has 8 nitrogen and oxygen atoms in total. The predicted octanol–water partition coefficient (Wildman–Crippen LogP) is 3.27. The van der Waals surface area contributed by atoms with Crippen molar-refractivity contribution in [3.8, 4) is 0 Å². The predicted molar refractivity (Wildman–Crippen MR) is 107 cm³/mol. The van der Waals surface area contributed by atoms with E-state index in [9.17, 15) is 13.6 Å². The Morgan fingerprint density at radius 1 is 1.39 bits per heavy atom. The molecule has 1 fully saturated rings. The van der Waals surface area contributed by atoms with Crippen LogP contribution in [0.15, 0.2) is 30.5 Å². The van der Waals surface area contributed by atoms with Crippen LogP contribution in [-0.2, 0) is 16.1 Å². The van der Waals surface area contributed by atoms with E-state index in [0.717, 1.165) is 22.7 Å². The Balaban J connectivity index is 1.97. The third kappa shape index (κ3) is 4.79. The summed E-state index contributed by atoms with van der Waals surface area (Å²) in [6, 6.07) is 7.09. The number of carbonyl (C=O) groups is 1. The zero-order valence-electron chi connectivity index (χ0n) is 15.4. The van der Waals surface area contributed by atoms with Gasteiger partial charge in [0.05, 0.1) is 29.2 Å². The van der Waals surface area contributed by atoms with E-state index in [2.05, 4.69) is 15.8 Å². The molecule has 1 aliphatic carbocycles. The molecular formula is C18H20ClN4O4S-. The van der Waals surface area contributed by atoms with Crippen LogP contribution in [0.5, 0.6) is 0 Å². The Morgan fingerprint density at radius 3 is 2.79 bits per heavy atom. The summed E-state index contributed by atoms with van der Waals surface area (Å²) >= 11 is 3.55. The number of pyridine rings is 1. The molecule has 0 aliphatic heterocycles. The van der Waals surface area contributed by atoms with Crippen LogP contribution >= 0.6 is 11.6 Å². The topological polar surface area (TPSA) is 107 Å². The maximum absolute atomic E-state index is 12.3. The third-order valence-electron chi connectivity index (χ3n) is 4.33. The second-order valence-corrected chi connectivity index (χ2v) is 7.68. The highest BCUT2D eigenvalue weighted by molar-refractivity contribution is 7.80. The van der Waals surface area contributed by atoms with Crippen LogP contribution in [0.2, 0.25) is 5.15 Å². The minimum atomic E-state index is -2.45. The number of nitrogens with one attached hydrogen (secondary N) is 2. The highest BCUT2D eigenvalue weighted by Gasteiger charge is 2.25. The molecule has 1 aromatic carbocycles. The molecule has 0 radical (unpaired) electrons. The first-order valence-corrected chi connectivity index (χ1v) is 10.1. The van der Waals surface area contributed by atoms with Gasteiger partial charge in [-0.1, -0.05) is 17.7 Å². The van der Waals surface area contributed by atoms with Crippen LogP contribution in [-0.4, -0.2) is 33.3 Å². The fourth-order valence-electron chi connectivity index (χ4n) is 2.72. The number of nitrogens with zero attached hydrogens (tertiary/aromatic N) is 2. The van der Waals surface area contributed by atoms with E-state index in [1.165, 1.54) is 19.3 Å². The van der Waals surface area contributed by atoms with Gasteiger partial charge in [0.15, 0.2) is 0 Å². The summed E-state index contributed by atoms with van der Waals surface area (Å²) in [4.78, 5) is 21.2. The van der Waals surface area contributed by atoms with Gasteiger partial charge in [-0.2, -0.15) is 0 Å². The monoisotopic (exact) mass is 423 g/mol. The largest absolute Gasteiger partial charge is 0.755 e.